The minimum Gasteiger partial charge on any atom is -0.495 e. The number of carbonyl (C=O) groups excluding carboxylic acids is 1. The van der Waals surface area contributed by atoms with E-state index in [2.05, 4.69) is 0 Å². The summed E-state index contributed by atoms with van der Waals surface area (Å²) in [6.07, 6.45) is -0.529. The molecule has 5 heteroatoms. The number of ether oxygens (including phenoxy) is 2. The first-order valence-electron chi connectivity index (χ1n) is 4.85. The molecule has 0 aliphatic rings. The van der Waals surface area contributed by atoms with E-state index in [1.54, 1.807) is 25.2 Å². The Morgan fingerprint density at radius 3 is 2.75 bits per heavy atom. The lowest BCUT2D eigenvalue weighted by molar-refractivity contribution is 0.126. The molecule has 0 aromatic heterocycles. The van der Waals surface area contributed by atoms with Crippen LogP contribution in [0.1, 0.15) is 0 Å². The van der Waals surface area contributed by atoms with E-state index in [1.165, 1.54) is 12.0 Å². The highest BCUT2D eigenvalue weighted by atomic mass is 16.6. The highest BCUT2D eigenvalue weighted by Gasteiger charge is 2.15. The molecular formula is C11H15NO4. The van der Waals surface area contributed by atoms with Crippen LogP contribution in [0, 0.1) is 0 Å². The number of methoxy groups -OCH3 is 1. The second-order valence-electron chi connectivity index (χ2n) is 3.07. The van der Waals surface area contributed by atoms with E-state index in [0.717, 1.165) is 0 Å². The first-order valence-corrected chi connectivity index (χ1v) is 4.85. The Balaban J connectivity index is 2.78. The molecular weight excluding hydrogens is 210 g/mol. The zero-order valence-corrected chi connectivity index (χ0v) is 9.34. The van der Waals surface area contributed by atoms with Crippen LogP contribution in [0.15, 0.2) is 24.3 Å². The molecule has 1 aromatic rings. The van der Waals surface area contributed by atoms with Gasteiger partial charge in [0, 0.05) is 7.05 Å². The lowest BCUT2D eigenvalue weighted by Gasteiger charge is -2.19. The number of anilines is 1. The lowest BCUT2D eigenvalue weighted by Crippen LogP contribution is -2.28. The second kappa shape index (κ2) is 5.97. The quantitative estimate of drug-likeness (QED) is 0.838. The molecule has 5 nitrogen and oxygen atoms in total. The van der Waals surface area contributed by atoms with Crippen LogP contribution in [0.3, 0.4) is 0 Å². The fraction of sp³-hybridized carbons (Fsp3) is 0.364. The first-order chi connectivity index (χ1) is 7.70. The number of amides is 1. The van der Waals surface area contributed by atoms with Gasteiger partial charge in [0.1, 0.15) is 12.4 Å². The molecule has 0 saturated heterocycles. The molecule has 0 spiro atoms. The molecule has 0 heterocycles. The third-order valence-corrected chi connectivity index (χ3v) is 2.04. The van der Waals surface area contributed by atoms with Crippen molar-refractivity contribution < 1.29 is 19.4 Å². The molecule has 0 saturated carbocycles. The summed E-state index contributed by atoms with van der Waals surface area (Å²) in [5.74, 6) is 0.589. The van der Waals surface area contributed by atoms with Gasteiger partial charge in [0.25, 0.3) is 0 Å². The van der Waals surface area contributed by atoms with E-state index in [4.69, 9.17) is 14.6 Å². The summed E-state index contributed by atoms with van der Waals surface area (Å²) in [5, 5.41) is 8.55. The molecule has 88 valence electrons. The van der Waals surface area contributed by atoms with Crippen molar-refractivity contribution in [3.05, 3.63) is 24.3 Å². The molecule has 0 unspecified atom stereocenters. The minimum atomic E-state index is -0.529. The highest BCUT2D eigenvalue weighted by molar-refractivity contribution is 5.88. The van der Waals surface area contributed by atoms with Gasteiger partial charge in [-0.05, 0) is 12.1 Å². The van der Waals surface area contributed by atoms with E-state index in [9.17, 15) is 4.79 Å². The predicted octanol–water partition coefficient (Wildman–Crippen LogP) is 1.26. The molecule has 1 N–H and O–H groups in total. The van der Waals surface area contributed by atoms with Gasteiger partial charge < -0.3 is 14.6 Å². The molecule has 0 radical (unpaired) electrons. The normalized spacial score (nSPS) is 9.69. The van der Waals surface area contributed by atoms with Gasteiger partial charge in [-0.3, -0.25) is 4.90 Å². The zero-order valence-electron chi connectivity index (χ0n) is 9.34. The third kappa shape index (κ3) is 2.87. The summed E-state index contributed by atoms with van der Waals surface area (Å²) in [6, 6.07) is 7.12. The summed E-state index contributed by atoms with van der Waals surface area (Å²) in [4.78, 5) is 12.8. The molecule has 0 aliphatic heterocycles. The van der Waals surface area contributed by atoms with Gasteiger partial charge in [0.2, 0.25) is 0 Å². The van der Waals surface area contributed by atoms with Crippen molar-refractivity contribution in [2.45, 2.75) is 0 Å². The number of aliphatic hydroxyl groups is 1. The molecule has 0 fully saturated rings. The predicted molar refractivity (Wildman–Crippen MR) is 59.8 cm³/mol. The van der Waals surface area contributed by atoms with Crippen molar-refractivity contribution in [2.24, 2.45) is 0 Å². The van der Waals surface area contributed by atoms with Gasteiger partial charge in [-0.25, -0.2) is 4.79 Å². The first kappa shape index (κ1) is 12.3. The van der Waals surface area contributed by atoms with Crippen LogP contribution < -0.4 is 9.64 Å². The number of benzene rings is 1. The Morgan fingerprint density at radius 1 is 1.44 bits per heavy atom. The fourth-order valence-corrected chi connectivity index (χ4v) is 1.23. The maximum atomic E-state index is 11.5. The summed E-state index contributed by atoms with van der Waals surface area (Å²) in [7, 11) is 3.11. The number of hydrogen-bond acceptors (Lipinski definition) is 4. The molecule has 0 atom stereocenters. The molecule has 1 amide bonds. The summed E-state index contributed by atoms with van der Waals surface area (Å²) < 4.78 is 9.91. The van der Waals surface area contributed by atoms with Gasteiger partial charge >= 0.3 is 6.09 Å². The highest BCUT2D eigenvalue weighted by Crippen LogP contribution is 2.26. The maximum absolute atomic E-state index is 11.5. The third-order valence-electron chi connectivity index (χ3n) is 2.04. The molecule has 0 bridgehead atoms. The zero-order chi connectivity index (χ0) is 12.0. The maximum Gasteiger partial charge on any atom is 0.414 e. The van der Waals surface area contributed by atoms with Gasteiger partial charge in [-0.15, -0.1) is 0 Å². The lowest BCUT2D eigenvalue weighted by atomic mass is 10.3. The Morgan fingerprint density at radius 2 is 2.12 bits per heavy atom. The number of nitrogens with zero attached hydrogens (tertiary/aromatic N) is 1. The standard InChI is InChI=1S/C11H15NO4/c1-12(11(14)16-8-7-13)9-5-3-4-6-10(9)15-2/h3-6,13H,7-8H2,1-2H3. The van der Waals surface area contributed by atoms with Crippen molar-refractivity contribution in [3.63, 3.8) is 0 Å². The van der Waals surface area contributed by atoms with Gasteiger partial charge in [0.15, 0.2) is 0 Å². The Labute approximate surface area is 94.2 Å². The molecule has 16 heavy (non-hydrogen) atoms. The van der Waals surface area contributed by atoms with Crippen LogP contribution in [-0.2, 0) is 4.74 Å². The van der Waals surface area contributed by atoms with Crippen LogP contribution in [0.4, 0.5) is 10.5 Å². The van der Waals surface area contributed by atoms with Crippen LogP contribution in [-0.4, -0.2) is 38.6 Å². The van der Waals surface area contributed by atoms with E-state index in [1.807, 2.05) is 6.07 Å². The number of rotatable bonds is 4. The Kier molecular flexibility index (Phi) is 4.60. The van der Waals surface area contributed by atoms with Crippen LogP contribution in [0.5, 0.6) is 5.75 Å². The second-order valence-corrected chi connectivity index (χ2v) is 3.07. The SMILES string of the molecule is COc1ccccc1N(C)C(=O)OCCO. The van der Waals surface area contributed by atoms with E-state index < -0.39 is 6.09 Å². The molecule has 1 aromatic carbocycles. The Hall–Kier alpha value is -1.75. The number of para-hydroxylation sites is 2. The Bertz CT molecular complexity index is 354. The van der Waals surface area contributed by atoms with Crippen molar-refractivity contribution in [1.29, 1.82) is 0 Å². The van der Waals surface area contributed by atoms with E-state index >= 15 is 0 Å². The molecule has 1 rings (SSSR count). The fourth-order valence-electron chi connectivity index (χ4n) is 1.23. The van der Waals surface area contributed by atoms with Crippen LogP contribution >= 0.6 is 0 Å². The van der Waals surface area contributed by atoms with Crippen molar-refractivity contribution in [1.82, 2.24) is 0 Å². The average molecular weight is 225 g/mol. The van der Waals surface area contributed by atoms with Gasteiger partial charge in [-0.1, -0.05) is 12.1 Å². The number of hydrogen-bond donors (Lipinski definition) is 1. The largest absolute Gasteiger partial charge is 0.495 e. The number of carbonyl (C=O) groups is 1. The summed E-state index contributed by atoms with van der Waals surface area (Å²) in [6.45, 7) is -0.205. The topological polar surface area (TPSA) is 59.0 Å². The number of aliphatic hydroxyl groups excluding tert-OH is 1. The smallest absolute Gasteiger partial charge is 0.414 e. The molecule has 0 aliphatic carbocycles. The average Bonchev–Trinajstić information content (AvgIpc) is 2.34. The van der Waals surface area contributed by atoms with Crippen molar-refractivity contribution in [3.8, 4) is 5.75 Å². The van der Waals surface area contributed by atoms with Gasteiger partial charge in [-0.2, -0.15) is 0 Å². The van der Waals surface area contributed by atoms with Gasteiger partial charge in [0.05, 0.1) is 19.4 Å². The minimum absolute atomic E-state index is 0.0156. The van der Waals surface area contributed by atoms with Crippen LogP contribution in [0.2, 0.25) is 0 Å². The van der Waals surface area contributed by atoms with E-state index in [0.29, 0.717) is 11.4 Å². The van der Waals surface area contributed by atoms with Crippen LogP contribution in [0.25, 0.3) is 0 Å². The monoisotopic (exact) mass is 225 g/mol. The summed E-state index contributed by atoms with van der Waals surface area (Å²) >= 11 is 0. The van der Waals surface area contributed by atoms with E-state index in [-0.39, 0.29) is 13.2 Å². The van der Waals surface area contributed by atoms with Crippen molar-refractivity contribution in [2.75, 3.05) is 32.3 Å². The summed E-state index contributed by atoms with van der Waals surface area (Å²) in [5.41, 5.74) is 0.618. The van der Waals surface area contributed by atoms with Crippen molar-refractivity contribution >= 4 is 11.8 Å².